The first-order chi connectivity index (χ1) is 11.2. The number of carbonyl (C=O) groups excluding carboxylic acids is 1. The lowest BCUT2D eigenvalue weighted by Gasteiger charge is -2.18. The van der Waals surface area contributed by atoms with Crippen LogP contribution in [0.25, 0.3) is 0 Å². The molecule has 6 heteroatoms. The number of halogens is 1. The molecule has 1 saturated heterocycles. The van der Waals surface area contributed by atoms with Gasteiger partial charge in [-0.15, -0.1) is 0 Å². The Morgan fingerprint density at radius 3 is 2.78 bits per heavy atom. The molecule has 0 aliphatic carbocycles. The molecular formula is C17H18ClN3O2. The second kappa shape index (κ2) is 6.87. The van der Waals surface area contributed by atoms with Crippen molar-refractivity contribution in [1.82, 2.24) is 4.98 Å². The fraction of sp³-hybridized carbons (Fsp3) is 0.294. The fourth-order valence-corrected chi connectivity index (χ4v) is 2.85. The summed E-state index contributed by atoms with van der Waals surface area (Å²) in [5.74, 6) is 0.269. The molecule has 23 heavy (non-hydrogen) atoms. The van der Waals surface area contributed by atoms with Gasteiger partial charge in [-0.2, -0.15) is 0 Å². The van der Waals surface area contributed by atoms with Crippen molar-refractivity contribution >= 4 is 28.9 Å². The Kier molecular flexibility index (Phi) is 4.67. The van der Waals surface area contributed by atoms with E-state index >= 15 is 0 Å². The van der Waals surface area contributed by atoms with Crippen LogP contribution in [0.4, 0.5) is 11.4 Å². The predicted molar refractivity (Wildman–Crippen MR) is 91.6 cm³/mol. The normalized spacial score (nSPS) is 13.9. The van der Waals surface area contributed by atoms with Gasteiger partial charge < -0.3 is 15.0 Å². The van der Waals surface area contributed by atoms with Crippen LogP contribution >= 0.6 is 11.6 Å². The second-order valence-corrected chi connectivity index (χ2v) is 5.83. The number of methoxy groups -OCH3 is 1. The Hall–Kier alpha value is -2.27. The van der Waals surface area contributed by atoms with Gasteiger partial charge in [-0.05, 0) is 43.2 Å². The molecule has 1 fully saturated rings. The number of hydrogen-bond donors (Lipinski definition) is 1. The molecule has 0 atom stereocenters. The SMILES string of the molecule is COc1ccc(Cl)cc1NC(=O)c1cc(N2CCCC2)ccn1. The smallest absolute Gasteiger partial charge is 0.274 e. The Morgan fingerprint density at radius 2 is 2.04 bits per heavy atom. The van der Waals surface area contributed by atoms with E-state index in [9.17, 15) is 4.79 Å². The summed E-state index contributed by atoms with van der Waals surface area (Å²) in [6.45, 7) is 2.04. The lowest BCUT2D eigenvalue weighted by molar-refractivity contribution is 0.102. The van der Waals surface area contributed by atoms with Gasteiger partial charge >= 0.3 is 0 Å². The number of aromatic nitrogens is 1. The fourth-order valence-electron chi connectivity index (χ4n) is 2.68. The highest BCUT2D eigenvalue weighted by Crippen LogP contribution is 2.28. The largest absolute Gasteiger partial charge is 0.495 e. The van der Waals surface area contributed by atoms with Gasteiger partial charge in [0.15, 0.2) is 0 Å². The summed E-state index contributed by atoms with van der Waals surface area (Å²) in [5.41, 5.74) is 1.93. The summed E-state index contributed by atoms with van der Waals surface area (Å²) in [6.07, 6.45) is 4.03. The maximum atomic E-state index is 12.5. The van der Waals surface area contributed by atoms with E-state index in [-0.39, 0.29) is 5.91 Å². The van der Waals surface area contributed by atoms with Gasteiger partial charge in [-0.1, -0.05) is 11.6 Å². The minimum absolute atomic E-state index is 0.286. The summed E-state index contributed by atoms with van der Waals surface area (Å²) in [6, 6.07) is 8.83. The summed E-state index contributed by atoms with van der Waals surface area (Å²) in [7, 11) is 1.55. The van der Waals surface area contributed by atoms with Crippen LogP contribution in [-0.4, -0.2) is 31.1 Å². The average Bonchev–Trinajstić information content (AvgIpc) is 3.10. The van der Waals surface area contributed by atoms with E-state index < -0.39 is 0 Å². The maximum absolute atomic E-state index is 12.5. The van der Waals surface area contributed by atoms with Crippen molar-refractivity contribution < 1.29 is 9.53 Å². The van der Waals surface area contributed by atoms with Crippen molar-refractivity contribution in [1.29, 1.82) is 0 Å². The number of hydrogen-bond acceptors (Lipinski definition) is 4. The van der Waals surface area contributed by atoms with Crippen molar-refractivity contribution in [2.45, 2.75) is 12.8 Å². The van der Waals surface area contributed by atoms with Crippen LogP contribution < -0.4 is 15.0 Å². The third kappa shape index (κ3) is 3.56. The first-order valence-corrected chi connectivity index (χ1v) is 7.91. The van der Waals surface area contributed by atoms with Crippen molar-refractivity contribution in [3.8, 4) is 5.75 Å². The third-order valence-corrected chi connectivity index (χ3v) is 4.09. The van der Waals surface area contributed by atoms with Crippen LogP contribution in [0.15, 0.2) is 36.5 Å². The zero-order valence-electron chi connectivity index (χ0n) is 12.9. The minimum Gasteiger partial charge on any atom is -0.495 e. The van der Waals surface area contributed by atoms with E-state index in [1.165, 1.54) is 12.8 Å². The molecule has 1 aromatic carbocycles. The van der Waals surface area contributed by atoms with E-state index in [1.807, 2.05) is 12.1 Å². The number of rotatable bonds is 4. The predicted octanol–water partition coefficient (Wildman–Crippen LogP) is 3.60. The lowest BCUT2D eigenvalue weighted by atomic mass is 10.2. The molecule has 1 aliphatic heterocycles. The number of nitrogens with one attached hydrogen (secondary N) is 1. The number of anilines is 2. The molecule has 0 radical (unpaired) electrons. The summed E-state index contributed by atoms with van der Waals surface area (Å²) in [4.78, 5) is 18.9. The Balaban J connectivity index is 1.81. The molecule has 1 aromatic heterocycles. The highest BCUT2D eigenvalue weighted by molar-refractivity contribution is 6.31. The zero-order valence-corrected chi connectivity index (χ0v) is 13.6. The van der Waals surface area contributed by atoms with Gasteiger partial charge in [0.05, 0.1) is 12.8 Å². The van der Waals surface area contributed by atoms with Gasteiger partial charge in [0, 0.05) is 30.0 Å². The second-order valence-electron chi connectivity index (χ2n) is 5.39. The van der Waals surface area contributed by atoms with Crippen LogP contribution in [0, 0.1) is 0 Å². The summed E-state index contributed by atoms with van der Waals surface area (Å²) in [5, 5.41) is 3.33. The molecule has 1 N–H and O–H groups in total. The molecule has 0 saturated carbocycles. The summed E-state index contributed by atoms with van der Waals surface area (Å²) >= 11 is 5.99. The standard InChI is InChI=1S/C17H18ClN3O2/c1-23-16-5-4-12(18)10-14(16)20-17(22)15-11-13(6-7-19-15)21-8-2-3-9-21/h4-7,10-11H,2-3,8-9H2,1H3,(H,20,22). The van der Waals surface area contributed by atoms with E-state index in [2.05, 4.69) is 15.2 Å². The average molecular weight is 332 g/mol. The Morgan fingerprint density at radius 1 is 1.26 bits per heavy atom. The van der Waals surface area contributed by atoms with E-state index in [0.29, 0.717) is 22.2 Å². The van der Waals surface area contributed by atoms with Crippen LogP contribution in [-0.2, 0) is 0 Å². The molecule has 5 nitrogen and oxygen atoms in total. The molecule has 120 valence electrons. The van der Waals surface area contributed by atoms with E-state index in [0.717, 1.165) is 18.8 Å². The van der Waals surface area contributed by atoms with Gasteiger partial charge in [-0.25, -0.2) is 0 Å². The molecular weight excluding hydrogens is 314 g/mol. The topological polar surface area (TPSA) is 54.5 Å². The molecule has 0 bridgehead atoms. The number of ether oxygens (including phenoxy) is 1. The molecule has 1 amide bonds. The Labute approximate surface area is 140 Å². The highest BCUT2D eigenvalue weighted by atomic mass is 35.5. The van der Waals surface area contributed by atoms with Gasteiger partial charge in [-0.3, -0.25) is 9.78 Å². The highest BCUT2D eigenvalue weighted by Gasteiger charge is 2.16. The van der Waals surface area contributed by atoms with Gasteiger partial charge in [0.2, 0.25) is 0 Å². The van der Waals surface area contributed by atoms with E-state index in [4.69, 9.17) is 16.3 Å². The zero-order chi connectivity index (χ0) is 16.2. The summed E-state index contributed by atoms with van der Waals surface area (Å²) < 4.78 is 5.24. The van der Waals surface area contributed by atoms with E-state index in [1.54, 1.807) is 31.5 Å². The molecule has 3 rings (SSSR count). The minimum atomic E-state index is -0.286. The van der Waals surface area contributed by atoms with Crippen LogP contribution in [0.3, 0.4) is 0 Å². The Bertz CT molecular complexity index is 715. The molecule has 1 aliphatic rings. The van der Waals surface area contributed by atoms with Gasteiger partial charge in [0.1, 0.15) is 11.4 Å². The first-order valence-electron chi connectivity index (χ1n) is 7.53. The van der Waals surface area contributed by atoms with Crippen molar-refractivity contribution in [2.75, 3.05) is 30.4 Å². The molecule has 2 aromatic rings. The number of pyridine rings is 1. The molecule has 2 heterocycles. The monoisotopic (exact) mass is 331 g/mol. The lowest BCUT2D eigenvalue weighted by Crippen LogP contribution is -2.19. The maximum Gasteiger partial charge on any atom is 0.274 e. The van der Waals surface area contributed by atoms with Gasteiger partial charge in [0.25, 0.3) is 5.91 Å². The number of nitrogens with zero attached hydrogens (tertiary/aromatic N) is 2. The quantitative estimate of drug-likeness (QED) is 0.930. The first kappa shape index (κ1) is 15.6. The van der Waals surface area contributed by atoms with Crippen molar-refractivity contribution in [2.24, 2.45) is 0 Å². The van der Waals surface area contributed by atoms with Crippen molar-refractivity contribution in [3.05, 3.63) is 47.2 Å². The van der Waals surface area contributed by atoms with Crippen LogP contribution in [0.1, 0.15) is 23.3 Å². The van der Waals surface area contributed by atoms with Crippen LogP contribution in [0.2, 0.25) is 5.02 Å². The number of benzene rings is 1. The third-order valence-electron chi connectivity index (χ3n) is 3.86. The van der Waals surface area contributed by atoms with Crippen LogP contribution in [0.5, 0.6) is 5.75 Å². The van der Waals surface area contributed by atoms with Crippen molar-refractivity contribution in [3.63, 3.8) is 0 Å². The molecule has 0 spiro atoms. The number of carbonyl (C=O) groups is 1. The number of amides is 1. The molecule has 0 unspecified atom stereocenters.